The summed E-state index contributed by atoms with van der Waals surface area (Å²) >= 11 is 0. The third-order valence-corrected chi connectivity index (χ3v) is 5.98. The van der Waals surface area contributed by atoms with Gasteiger partial charge in [0.1, 0.15) is 12.4 Å². The first-order valence-electron chi connectivity index (χ1n) is 10.5. The average Bonchev–Trinajstić information content (AvgIpc) is 2.69. The zero-order valence-corrected chi connectivity index (χ0v) is 16.6. The minimum Gasteiger partial charge on any atom is -0.489 e. The summed E-state index contributed by atoms with van der Waals surface area (Å²) in [6.07, 6.45) is 11.0. The molecule has 0 heterocycles. The normalized spacial score (nSPS) is 19.7. The molecule has 0 atom stereocenters. The highest BCUT2D eigenvalue weighted by atomic mass is 16.5. The van der Waals surface area contributed by atoms with E-state index in [0.717, 1.165) is 17.2 Å². The molecule has 0 aliphatic heterocycles. The molecule has 0 unspecified atom stereocenters. The molecule has 2 aromatic carbocycles. The summed E-state index contributed by atoms with van der Waals surface area (Å²) in [7, 11) is 0. The Morgan fingerprint density at radius 3 is 2.33 bits per heavy atom. The molecule has 0 bridgehead atoms. The quantitative estimate of drug-likeness (QED) is 0.426. The summed E-state index contributed by atoms with van der Waals surface area (Å²) in [6.45, 7) is 2.75. The van der Waals surface area contributed by atoms with E-state index in [2.05, 4.69) is 31.2 Å². The van der Waals surface area contributed by atoms with Gasteiger partial charge in [-0.3, -0.25) is 0 Å². The van der Waals surface area contributed by atoms with Crippen LogP contribution in [0.1, 0.15) is 75.3 Å². The highest BCUT2D eigenvalue weighted by molar-refractivity contribution is 5.56. The van der Waals surface area contributed by atoms with Crippen LogP contribution in [-0.2, 0) is 6.61 Å². The zero-order chi connectivity index (χ0) is 19.1. The van der Waals surface area contributed by atoms with Crippen LogP contribution in [0.4, 0.5) is 11.4 Å². The molecular formula is C24H34N2O. The average molecular weight is 367 g/mol. The maximum absolute atomic E-state index is 6.00. The molecule has 3 heteroatoms. The molecule has 3 rings (SSSR count). The van der Waals surface area contributed by atoms with Gasteiger partial charge in [-0.1, -0.05) is 50.8 Å². The summed E-state index contributed by atoms with van der Waals surface area (Å²) in [6, 6.07) is 14.2. The molecule has 1 aliphatic carbocycles. The van der Waals surface area contributed by atoms with Gasteiger partial charge in [0.05, 0.1) is 0 Å². The van der Waals surface area contributed by atoms with Crippen LogP contribution < -0.4 is 16.2 Å². The Bertz CT molecular complexity index is 703. The van der Waals surface area contributed by atoms with Crippen molar-refractivity contribution in [3.63, 3.8) is 0 Å². The number of anilines is 2. The zero-order valence-electron chi connectivity index (χ0n) is 16.6. The van der Waals surface area contributed by atoms with Crippen molar-refractivity contribution < 1.29 is 4.74 Å². The van der Waals surface area contributed by atoms with E-state index in [4.69, 9.17) is 16.2 Å². The monoisotopic (exact) mass is 366 g/mol. The van der Waals surface area contributed by atoms with Crippen LogP contribution in [0.5, 0.6) is 5.75 Å². The van der Waals surface area contributed by atoms with Crippen molar-refractivity contribution >= 4 is 11.4 Å². The molecule has 1 aliphatic rings. The molecule has 2 aromatic rings. The van der Waals surface area contributed by atoms with Gasteiger partial charge in [-0.25, -0.2) is 0 Å². The van der Waals surface area contributed by atoms with Gasteiger partial charge in [0.25, 0.3) is 0 Å². The highest BCUT2D eigenvalue weighted by Gasteiger charge is 2.22. The maximum Gasteiger partial charge on any atom is 0.119 e. The van der Waals surface area contributed by atoms with Crippen molar-refractivity contribution in [1.82, 2.24) is 0 Å². The molecule has 27 heavy (non-hydrogen) atoms. The van der Waals surface area contributed by atoms with Gasteiger partial charge >= 0.3 is 0 Å². The summed E-state index contributed by atoms with van der Waals surface area (Å²) in [5, 5.41) is 0. The molecular weight excluding hydrogens is 332 g/mol. The molecule has 0 aromatic heterocycles. The summed E-state index contributed by atoms with van der Waals surface area (Å²) in [5.41, 5.74) is 15.5. The first kappa shape index (κ1) is 19.6. The molecule has 0 saturated heterocycles. The molecule has 146 valence electrons. The lowest BCUT2D eigenvalue weighted by Crippen LogP contribution is -2.13. The predicted octanol–water partition coefficient (Wildman–Crippen LogP) is 6.28. The Morgan fingerprint density at radius 1 is 0.926 bits per heavy atom. The van der Waals surface area contributed by atoms with Crippen LogP contribution >= 0.6 is 0 Å². The predicted molar refractivity (Wildman–Crippen MR) is 115 cm³/mol. The number of benzene rings is 2. The Morgan fingerprint density at radius 2 is 1.67 bits per heavy atom. The lowest BCUT2D eigenvalue weighted by Gasteiger charge is -2.29. The molecule has 3 nitrogen and oxygen atoms in total. The topological polar surface area (TPSA) is 61.3 Å². The first-order valence-corrected chi connectivity index (χ1v) is 10.5. The minimum absolute atomic E-state index is 0.467. The first-order chi connectivity index (χ1) is 13.2. The Hall–Kier alpha value is -2.16. The molecule has 0 spiro atoms. The fourth-order valence-corrected chi connectivity index (χ4v) is 4.21. The van der Waals surface area contributed by atoms with Crippen LogP contribution in [0.15, 0.2) is 42.5 Å². The third kappa shape index (κ3) is 5.66. The smallest absolute Gasteiger partial charge is 0.119 e. The van der Waals surface area contributed by atoms with Crippen LogP contribution in [0.25, 0.3) is 0 Å². The summed E-state index contributed by atoms with van der Waals surface area (Å²) in [5.74, 6) is 2.57. The number of hydrogen-bond donors (Lipinski definition) is 2. The van der Waals surface area contributed by atoms with Crippen molar-refractivity contribution in [2.24, 2.45) is 5.92 Å². The van der Waals surface area contributed by atoms with E-state index in [9.17, 15) is 0 Å². The van der Waals surface area contributed by atoms with E-state index in [1.807, 2.05) is 12.1 Å². The Labute approximate surface area is 164 Å². The summed E-state index contributed by atoms with van der Waals surface area (Å²) < 4.78 is 5.91. The van der Waals surface area contributed by atoms with Crippen LogP contribution in [0.2, 0.25) is 0 Å². The number of hydrogen-bond acceptors (Lipinski definition) is 3. The van der Waals surface area contributed by atoms with Gasteiger partial charge in [-0.05, 0) is 67.3 Å². The lowest BCUT2D eigenvalue weighted by molar-refractivity contribution is 0.300. The van der Waals surface area contributed by atoms with Gasteiger partial charge in [0.15, 0.2) is 0 Å². The second kappa shape index (κ2) is 9.68. The third-order valence-electron chi connectivity index (χ3n) is 5.98. The number of ether oxygens (including phenoxy) is 1. The molecule has 0 amide bonds. The highest BCUT2D eigenvalue weighted by Crippen LogP contribution is 2.38. The molecule has 1 fully saturated rings. The van der Waals surface area contributed by atoms with Crippen LogP contribution in [-0.4, -0.2) is 0 Å². The number of nitrogen functional groups attached to an aromatic ring is 2. The van der Waals surface area contributed by atoms with E-state index in [1.54, 1.807) is 6.07 Å². The van der Waals surface area contributed by atoms with Gasteiger partial charge < -0.3 is 16.2 Å². The fourth-order valence-electron chi connectivity index (χ4n) is 4.21. The van der Waals surface area contributed by atoms with E-state index in [-0.39, 0.29) is 0 Å². The number of nitrogens with two attached hydrogens (primary N) is 2. The van der Waals surface area contributed by atoms with E-state index >= 15 is 0 Å². The van der Waals surface area contributed by atoms with Crippen molar-refractivity contribution in [1.29, 1.82) is 0 Å². The van der Waals surface area contributed by atoms with Gasteiger partial charge in [0, 0.05) is 16.9 Å². The molecule has 0 radical (unpaired) electrons. The van der Waals surface area contributed by atoms with Gasteiger partial charge in [-0.2, -0.15) is 0 Å². The van der Waals surface area contributed by atoms with Crippen LogP contribution in [0.3, 0.4) is 0 Å². The van der Waals surface area contributed by atoms with Crippen molar-refractivity contribution in [3.05, 3.63) is 53.6 Å². The van der Waals surface area contributed by atoms with Crippen molar-refractivity contribution in [2.45, 2.75) is 70.8 Å². The van der Waals surface area contributed by atoms with Crippen molar-refractivity contribution in [3.8, 4) is 5.75 Å². The van der Waals surface area contributed by atoms with Crippen molar-refractivity contribution in [2.75, 3.05) is 11.5 Å². The molecule has 1 saturated carbocycles. The van der Waals surface area contributed by atoms with E-state index in [0.29, 0.717) is 23.9 Å². The second-order valence-electron chi connectivity index (χ2n) is 8.03. The summed E-state index contributed by atoms with van der Waals surface area (Å²) in [4.78, 5) is 0. The van der Waals surface area contributed by atoms with E-state index < -0.39 is 0 Å². The van der Waals surface area contributed by atoms with E-state index in [1.165, 1.54) is 56.9 Å². The maximum atomic E-state index is 6.00. The number of unbranched alkanes of at least 4 members (excludes halogenated alkanes) is 2. The number of rotatable bonds is 8. The van der Waals surface area contributed by atoms with Gasteiger partial charge in [0.2, 0.25) is 0 Å². The second-order valence-corrected chi connectivity index (χ2v) is 8.03. The van der Waals surface area contributed by atoms with Gasteiger partial charge in [-0.15, -0.1) is 0 Å². The minimum atomic E-state index is 0.467. The Balaban J connectivity index is 1.47. The fraction of sp³-hybridized carbons (Fsp3) is 0.500. The standard InChI is InChI=1S/C24H34N2O/c1-2-3-4-5-18-6-8-19(9-7-18)20-11-14-23(15-12-20)27-17-21-10-13-22(25)16-24(21)26/h10-16,18-19H,2-9,17,25-26H2,1H3/t18-,19-. The molecule has 4 N–H and O–H groups in total. The largest absolute Gasteiger partial charge is 0.489 e. The SMILES string of the molecule is CCCCC[C@H]1CC[C@H](c2ccc(OCc3ccc(N)cc3N)cc2)CC1. The Kier molecular flexibility index (Phi) is 7.03. The lowest BCUT2D eigenvalue weighted by atomic mass is 9.77. The van der Waals surface area contributed by atoms with Crippen LogP contribution in [0, 0.1) is 5.92 Å².